The molecule has 0 unspecified atom stereocenters. The molecule has 2 aromatic carbocycles. The van der Waals surface area contributed by atoms with Gasteiger partial charge in [-0.15, -0.1) is 0 Å². The molecule has 0 aliphatic carbocycles. The van der Waals surface area contributed by atoms with Crippen LogP contribution in [-0.2, 0) is 19.1 Å². The van der Waals surface area contributed by atoms with Crippen molar-refractivity contribution in [1.82, 2.24) is 4.90 Å². The molecule has 3 amide bonds. The first-order valence-corrected chi connectivity index (χ1v) is 11.1. The maximum atomic E-state index is 12.5. The molecule has 1 aliphatic rings. The molecule has 1 saturated heterocycles. The number of nitrogens with zero attached hydrogens (tertiary/aromatic N) is 1. The lowest BCUT2D eigenvalue weighted by atomic mass is 10.2. The van der Waals surface area contributed by atoms with Gasteiger partial charge in [-0.1, -0.05) is 35.9 Å². The number of esters is 1. The fourth-order valence-electron chi connectivity index (χ4n) is 2.80. The number of rotatable bonds is 8. The third kappa shape index (κ3) is 6.84. The van der Waals surface area contributed by atoms with E-state index in [1.807, 2.05) is 6.07 Å². The summed E-state index contributed by atoms with van der Waals surface area (Å²) in [6.45, 7) is 2.68. The number of hydrogen-bond acceptors (Lipinski definition) is 7. The van der Waals surface area contributed by atoms with Crippen molar-refractivity contribution in [1.29, 1.82) is 0 Å². The van der Waals surface area contributed by atoms with Crippen molar-refractivity contribution in [2.45, 2.75) is 20.0 Å². The standard InChI is InChI=1S/C23H21ClN2O6S/c1-14(2)32-21(28)12-26-22(29)19(33-23(26)30)11-15-8-9-18(17(24)10-15)31-13-20(27)25-16-6-4-3-5-7-16/h3-11,14H,12-13H2,1-2H3,(H,25,27)/b19-11+. The second-order valence-corrected chi connectivity index (χ2v) is 8.60. The number of nitrogens with one attached hydrogen (secondary N) is 1. The van der Waals surface area contributed by atoms with E-state index in [-0.39, 0.29) is 28.5 Å². The van der Waals surface area contributed by atoms with Gasteiger partial charge < -0.3 is 14.8 Å². The first kappa shape index (κ1) is 24.3. The van der Waals surface area contributed by atoms with Crippen LogP contribution in [0.3, 0.4) is 0 Å². The average molecular weight is 489 g/mol. The van der Waals surface area contributed by atoms with Gasteiger partial charge in [0.25, 0.3) is 17.1 Å². The predicted molar refractivity (Wildman–Crippen MR) is 126 cm³/mol. The second kappa shape index (κ2) is 11.0. The summed E-state index contributed by atoms with van der Waals surface area (Å²) in [6.07, 6.45) is 1.15. The summed E-state index contributed by atoms with van der Waals surface area (Å²) in [5.41, 5.74) is 1.20. The summed E-state index contributed by atoms with van der Waals surface area (Å²) in [5.74, 6) is -1.29. The van der Waals surface area contributed by atoms with E-state index in [0.29, 0.717) is 17.0 Å². The van der Waals surface area contributed by atoms with Crippen LogP contribution < -0.4 is 10.1 Å². The highest BCUT2D eigenvalue weighted by Gasteiger charge is 2.36. The Morgan fingerprint density at radius 3 is 2.55 bits per heavy atom. The molecular formula is C23H21ClN2O6S. The zero-order valence-corrected chi connectivity index (χ0v) is 19.4. The minimum atomic E-state index is -0.658. The van der Waals surface area contributed by atoms with E-state index in [9.17, 15) is 19.2 Å². The molecule has 1 heterocycles. The van der Waals surface area contributed by atoms with Crippen molar-refractivity contribution in [3.63, 3.8) is 0 Å². The van der Waals surface area contributed by atoms with Crippen LogP contribution in [0.25, 0.3) is 6.08 Å². The van der Waals surface area contributed by atoms with E-state index in [2.05, 4.69) is 5.32 Å². The molecular weight excluding hydrogens is 468 g/mol. The molecule has 0 bridgehead atoms. The Morgan fingerprint density at radius 2 is 1.88 bits per heavy atom. The third-order valence-corrected chi connectivity index (χ3v) is 5.40. The maximum absolute atomic E-state index is 12.5. The van der Waals surface area contributed by atoms with Crippen LogP contribution in [0, 0.1) is 0 Å². The van der Waals surface area contributed by atoms with Crippen LogP contribution in [0.1, 0.15) is 19.4 Å². The van der Waals surface area contributed by atoms with Crippen molar-refractivity contribution in [3.05, 3.63) is 64.0 Å². The minimum absolute atomic E-state index is 0.157. The number of hydrogen-bond donors (Lipinski definition) is 1. The van der Waals surface area contributed by atoms with Gasteiger partial charge in [0.2, 0.25) is 0 Å². The van der Waals surface area contributed by atoms with Crippen LogP contribution in [0.15, 0.2) is 53.4 Å². The lowest BCUT2D eigenvalue weighted by Gasteiger charge is -2.13. The van der Waals surface area contributed by atoms with Gasteiger partial charge in [-0.2, -0.15) is 0 Å². The second-order valence-electron chi connectivity index (χ2n) is 7.20. The normalized spacial score (nSPS) is 14.7. The molecule has 0 saturated carbocycles. The van der Waals surface area contributed by atoms with E-state index in [4.69, 9.17) is 21.1 Å². The molecule has 0 radical (unpaired) electrons. The summed E-state index contributed by atoms with van der Waals surface area (Å²) in [4.78, 5) is 49.5. The Labute approximate surface area is 199 Å². The Morgan fingerprint density at radius 1 is 1.15 bits per heavy atom. The molecule has 1 aliphatic heterocycles. The van der Waals surface area contributed by atoms with Crippen LogP contribution in [0.2, 0.25) is 5.02 Å². The van der Waals surface area contributed by atoms with Crippen molar-refractivity contribution in [2.24, 2.45) is 0 Å². The van der Waals surface area contributed by atoms with Gasteiger partial charge in [0, 0.05) is 5.69 Å². The summed E-state index contributed by atoms with van der Waals surface area (Å²) < 4.78 is 10.5. The Kier molecular flexibility index (Phi) is 8.13. The lowest BCUT2D eigenvalue weighted by Crippen LogP contribution is -2.35. The molecule has 172 valence electrons. The van der Waals surface area contributed by atoms with Gasteiger partial charge in [-0.25, -0.2) is 0 Å². The number of imide groups is 1. The quantitative estimate of drug-likeness (QED) is 0.435. The average Bonchev–Trinajstić information content (AvgIpc) is 3.00. The van der Waals surface area contributed by atoms with Gasteiger partial charge in [0.15, 0.2) is 6.61 Å². The van der Waals surface area contributed by atoms with Gasteiger partial charge in [0.1, 0.15) is 12.3 Å². The van der Waals surface area contributed by atoms with Crippen LogP contribution in [0.5, 0.6) is 5.75 Å². The topological polar surface area (TPSA) is 102 Å². The molecule has 0 spiro atoms. The van der Waals surface area contributed by atoms with E-state index < -0.39 is 23.7 Å². The van der Waals surface area contributed by atoms with E-state index >= 15 is 0 Å². The fraction of sp³-hybridized carbons (Fsp3) is 0.217. The summed E-state index contributed by atoms with van der Waals surface area (Å²) in [5, 5.41) is 2.38. The first-order chi connectivity index (χ1) is 15.7. The minimum Gasteiger partial charge on any atom is -0.482 e. The first-order valence-electron chi connectivity index (χ1n) is 9.95. The number of benzene rings is 2. The maximum Gasteiger partial charge on any atom is 0.326 e. The summed E-state index contributed by atoms with van der Waals surface area (Å²) in [7, 11) is 0. The number of halogens is 1. The highest BCUT2D eigenvalue weighted by molar-refractivity contribution is 8.18. The molecule has 0 atom stereocenters. The van der Waals surface area contributed by atoms with Crippen molar-refractivity contribution in [2.75, 3.05) is 18.5 Å². The van der Waals surface area contributed by atoms with Gasteiger partial charge >= 0.3 is 5.97 Å². The molecule has 10 heteroatoms. The molecule has 1 fully saturated rings. The van der Waals surface area contributed by atoms with Gasteiger partial charge in [0.05, 0.1) is 16.0 Å². The van der Waals surface area contributed by atoms with Crippen molar-refractivity contribution < 1.29 is 28.7 Å². The highest BCUT2D eigenvalue weighted by Crippen LogP contribution is 2.33. The molecule has 1 N–H and O–H groups in total. The Balaban J connectivity index is 1.61. The fourth-order valence-corrected chi connectivity index (χ4v) is 3.88. The van der Waals surface area contributed by atoms with Crippen molar-refractivity contribution in [3.8, 4) is 5.75 Å². The zero-order valence-electron chi connectivity index (χ0n) is 17.9. The zero-order chi connectivity index (χ0) is 24.0. The Hall–Kier alpha value is -3.30. The number of para-hydroxylation sites is 1. The van der Waals surface area contributed by atoms with E-state index in [1.54, 1.807) is 56.3 Å². The molecule has 8 nitrogen and oxygen atoms in total. The summed E-state index contributed by atoms with van der Waals surface area (Å²) >= 11 is 6.98. The number of carbonyl (C=O) groups excluding carboxylic acids is 4. The van der Waals surface area contributed by atoms with Crippen LogP contribution in [0.4, 0.5) is 10.5 Å². The molecule has 0 aromatic heterocycles. The number of amides is 3. The van der Waals surface area contributed by atoms with E-state index in [0.717, 1.165) is 16.7 Å². The molecule has 2 aromatic rings. The van der Waals surface area contributed by atoms with Crippen molar-refractivity contribution >= 4 is 58.1 Å². The SMILES string of the molecule is CC(C)OC(=O)CN1C(=O)S/C(=C/c2ccc(OCC(=O)Nc3ccccc3)c(Cl)c2)C1=O. The monoisotopic (exact) mass is 488 g/mol. The predicted octanol–water partition coefficient (Wildman–Crippen LogP) is 4.35. The molecule has 3 rings (SSSR count). The number of ether oxygens (including phenoxy) is 2. The lowest BCUT2D eigenvalue weighted by molar-refractivity contribution is -0.149. The number of carbonyl (C=O) groups is 4. The number of anilines is 1. The van der Waals surface area contributed by atoms with Gasteiger partial charge in [-0.3, -0.25) is 24.1 Å². The summed E-state index contributed by atoms with van der Waals surface area (Å²) in [6, 6.07) is 13.7. The van der Waals surface area contributed by atoms with E-state index in [1.165, 1.54) is 6.08 Å². The largest absolute Gasteiger partial charge is 0.482 e. The van der Waals surface area contributed by atoms with Crippen LogP contribution >= 0.6 is 23.4 Å². The van der Waals surface area contributed by atoms with Crippen LogP contribution in [-0.4, -0.2) is 47.2 Å². The molecule has 33 heavy (non-hydrogen) atoms. The highest BCUT2D eigenvalue weighted by atomic mass is 35.5. The Bertz CT molecular complexity index is 1100. The number of thioether (sulfide) groups is 1. The van der Waals surface area contributed by atoms with Gasteiger partial charge in [-0.05, 0) is 61.5 Å². The smallest absolute Gasteiger partial charge is 0.326 e. The third-order valence-electron chi connectivity index (χ3n) is 4.20.